The molecule has 27 heavy (non-hydrogen) atoms. The molecular weight excluding hydrogens is 340 g/mol. The van der Waals surface area contributed by atoms with Gasteiger partial charge in [0.1, 0.15) is 0 Å². The Hall–Kier alpha value is -3.13. The molecule has 2 rings (SSSR count). The number of esters is 1. The Morgan fingerprint density at radius 3 is 2.44 bits per heavy atom. The van der Waals surface area contributed by atoms with Gasteiger partial charge >= 0.3 is 5.97 Å². The zero-order chi connectivity index (χ0) is 19.8. The van der Waals surface area contributed by atoms with Gasteiger partial charge in [-0.25, -0.2) is 4.79 Å². The highest BCUT2D eigenvalue weighted by Gasteiger charge is 2.19. The first-order valence-electron chi connectivity index (χ1n) is 9.00. The van der Waals surface area contributed by atoms with Crippen LogP contribution in [0.15, 0.2) is 48.5 Å². The Kier molecular flexibility index (Phi) is 7.13. The van der Waals surface area contributed by atoms with E-state index < -0.39 is 5.97 Å². The molecule has 2 aromatic rings. The van der Waals surface area contributed by atoms with E-state index in [2.05, 4.69) is 24.4 Å². The molecule has 0 aromatic heterocycles. The molecule has 0 saturated heterocycles. The summed E-state index contributed by atoms with van der Waals surface area (Å²) >= 11 is 0. The summed E-state index contributed by atoms with van der Waals surface area (Å²) in [6, 6.07) is 16.1. The van der Waals surface area contributed by atoms with Crippen molar-refractivity contribution in [3.63, 3.8) is 0 Å². The maximum absolute atomic E-state index is 12.3. The molecule has 0 radical (unpaired) electrons. The van der Waals surface area contributed by atoms with E-state index in [9.17, 15) is 9.59 Å². The third kappa shape index (κ3) is 5.68. The summed E-state index contributed by atoms with van der Waals surface area (Å²) in [5, 5.41) is 11.8. The van der Waals surface area contributed by atoms with Gasteiger partial charge in [-0.2, -0.15) is 5.26 Å². The van der Waals surface area contributed by atoms with Crippen LogP contribution in [0.2, 0.25) is 0 Å². The highest BCUT2D eigenvalue weighted by Crippen LogP contribution is 2.22. The minimum Gasteiger partial charge on any atom is -0.452 e. The van der Waals surface area contributed by atoms with Gasteiger partial charge in [0.2, 0.25) is 0 Å². The SMILES string of the molecule is CCc1ccc([C@H](NC(=O)COC(=O)c2cccc(C#N)c2)C(C)C)cc1. The van der Waals surface area contributed by atoms with E-state index in [1.807, 2.05) is 32.0 Å². The molecule has 0 unspecified atom stereocenters. The quantitative estimate of drug-likeness (QED) is 0.758. The van der Waals surface area contributed by atoms with Gasteiger partial charge in [0, 0.05) is 0 Å². The Bertz CT molecular complexity index is 835. The summed E-state index contributed by atoms with van der Waals surface area (Å²) in [4.78, 5) is 24.3. The summed E-state index contributed by atoms with van der Waals surface area (Å²) in [7, 11) is 0. The molecular formula is C22H24N2O3. The van der Waals surface area contributed by atoms with Crippen LogP contribution in [0.4, 0.5) is 0 Å². The van der Waals surface area contributed by atoms with Crippen molar-refractivity contribution < 1.29 is 14.3 Å². The molecule has 5 nitrogen and oxygen atoms in total. The lowest BCUT2D eigenvalue weighted by molar-refractivity contribution is -0.125. The van der Waals surface area contributed by atoms with Crippen LogP contribution in [-0.4, -0.2) is 18.5 Å². The lowest BCUT2D eigenvalue weighted by atomic mass is 9.95. The number of carbonyl (C=O) groups is 2. The van der Waals surface area contributed by atoms with Crippen LogP contribution < -0.4 is 5.32 Å². The van der Waals surface area contributed by atoms with Gasteiger partial charge in [-0.3, -0.25) is 4.79 Å². The van der Waals surface area contributed by atoms with Gasteiger partial charge in [0.25, 0.3) is 5.91 Å². The average molecular weight is 364 g/mol. The highest BCUT2D eigenvalue weighted by molar-refractivity contribution is 5.91. The largest absolute Gasteiger partial charge is 0.452 e. The molecule has 0 spiro atoms. The van der Waals surface area contributed by atoms with Crippen molar-refractivity contribution in [1.29, 1.82) is 5.26 Å². The maximum Gasteiger partial charge on any atom is 0.338 e. The van der Waals surface area contributed by atoms with Crippen LogP contribution in [0.1, 0.15) is 53.9 Å². The smallest absolute Gasteiger partial charge is 0.338 e. The van der Waals surface area contributed by atoms with Gasteiger partial charge < -0.3 is 10.1 Å². The second-order valence-electron chi connectivity index (χ2n) is 6.65. The number of ether oxygens (including phenoxy) is 1. The van der Waals surface area contributed by atoms with Crippen LogP contribution in [0.25, 0.3) is 0 Å². The molecule has 0 aliphatic rings. The average Bonchev–Trinajstić information content (AvgIpc) is 2.70. The van der Waals surface area contributed by atoms with Crippen molar-refractivity contribution in [2.75, 3.05) is 6.61 Å². The summed E-state index contributed by atoms with van der Waals surface area (Å²) < 4.78 is 5.08. The second kappa shape index (κ2) is 9.54. The number of nitriles is 1. The standard InChI is InChI=1S/C22H24N2O3/c1-4-16-8-10-18(11-9-16)21(15(2)3)24-20(25)14-27-22(26)19-7-5-6-17(12-19)13-23/h5-12,15,21H,4,14H2,1-3H3,(H,24,25)/t21-/m1/s1. The number of benzene rings is 2. The summed E-state index contributed by atoms with van der Waals surface area (Å²) in [5.41, 5.74) is 2.87. The molecule has 2 aromatic carbocycles. The lowest BCUT2D eigenvalue weighted by Gasteiger charge is -2.23. The Morgan fingerprint density at radius 1 is 1.15 bits per heavy atom. The fraction of sp³-hybridized carbons (Fsp3) is 0.318. The van der Waals surface area contributed by atoms with Crippen molar-refractivity contribution >= 4 is 11.9 Å². The number of nitrogens with one attached hydrogen (secondary N) is 1. The summed E-state index contributed by atoms with van der Waals surface area (Å²) in [6.07, 6.45) is 0.960. The van der Waals surface area contributed by atoms with Gasteiger partial charge in [-0.15, -0.1) is 0 Å². The summed E-state index contributed by atoms with van der Waals surface area (Å²) in [5.74, 6) is -0.807. The van der Waals surface area contributed by atoms with E-state index in [4.69, 9.17) is 10.00 Å². The van der Waals surface area contributed by atoms with Crippen LogP contribution in [0.5, 0.6) is 0 Å². The van der Waals surface area contributed by atoms with Crippen LogP contribution >= 0.6 is 0 Å². The van der Waals surface area contributed by atoms with Gasteiger partial charge in [-0.1, -0.05) is 51.1 Å². The van der Waals surface area contributed by atoms with Crippen molar-refractivity contribution in [3.8, 4) is 6.07 Å². The molecule has 1 atom stereocenters. The number of hydrogen-bond acceptors (Lipinski definition) is 4. The van der Waals surface area contributed by atoms with Crippen LogP contribution in [-0.2, 0) is 16.0 Å². The van der Waals surface area contributed by atoms with E-state index >= 15 is 0 Å². The predicted molar refractivity (Wildman–Crippen MR) is 103 cm³/mol. The zero-order valence-corrected chi connectivity index (χ0v) is 15.9. The normalized spacial score (nSPS) is 11.5. The Morgan fingerprint density at radius 2 is 1.85 bits per heavy atom. The zero-order valence-electron chi connectivity index (χ0n) is 15.9. The van der Waals surface area contributed by atoms with Crippen LogP contribution in [0, 0.1) is 17.2 Å². The van der Waals surface area contributed by atoms with E-state index in [1.165, 1.54) is 11.6 Å². The van der Waals surface area contributed by atoms with Gasteiger partial charge in [-0.05, 0) is 41.7 Å². The van der Waals surface area contributed by atoms with E-state index in [0.717, 1.165) is 12.0 Å². The first-order chi connectivity index (χ1) is 12.9. The Balaban J connectivity index is 1.97. The predicted octanol–water partition coefficient (Wildman–Crippen LogP) is 3.79. The van der Waals surface area contributed by atoms with Crippen molar-refractivity contribution in [1.82, 2.24) is 5.32 Å². The Labute approximate surface area is 160 Å². The number of aryl methyl sites for hydroxylation is 1. The first-order valence-corrected chi connectivity index (χ1v) is 9.00. The second-order valence-corrected chi connectivity index (χ2v) is 6.65. The van der Waals surface area contributed by atoms with Crippen molar-refractivity contribution in [3.05, 3.63) is 70.8 Å². The number of amides is 1. The number of carbonyl (C=O) groups excluding carboxylic acids is 2. The number of hydrogen-bond donors (Lipinski definition) is 1. The topological polar surface area (TPSA) is 79.2 Å². The van der Waals surface area contributed by atoms with Crippen molar-refractivity contribution in [2.24, 2.45) is 5.92 Å². The van der Waals surface area contributed by atoms with Crippen LogP contribution in [0.3, 0.4) is 0 Å². The molecule has 5 heteroatoms. The third-order valence-corrected chi connectivity index (χ3v) is 4.29. The monoisotopic (exact) mass is 364 g/mol. The third-order valence-electron chi connectivity index (χ3n) is 4.29. The van der Waals surface area contributed by atoms with E-state index in [-0.39, 0.29) is 30.0 Å². The fourth-order valence-electron chi connectivity index (χ4n) is 2.74. The summed E-state index contributed by atoms with van der Waals surface area (Å²) in [6.45, 7) is 5.78. The maximum atomic E-state index is 12.3. The van der Waals surface area contributed by atoms with E-state index in [0.29, 0.717) is 5.56 Å². The minimum atomic E-state index is -0.629. The lowest BCUT2D eigenvalue weighted by Crippen LogP contribution is -2.35. The molecule has 0 fully saturated rings. The molecule has 0 saturated carbocycles. The number of rotatable bonds is 7. The van der Waals surface area contributed by atoms with Crippen molar-refractivity contribution in [2.45, 2.75) is 33.2 Å². The fourth-order valence-corrected chi connectivity index (χ4v) is 2.74. The highest BCUT2D eigenvalue weighted by atomic mass is 16.5. The molecule has 0 heterocycles. The first kappa shape index (κ1) is 20.2. The number of nitrogens with zero attached hydrogens (tertiary/aromatic N) is 1. The van der Waals surface area contributed by atoms with Gasteiger partial charge in [0.15, 0.2) is 6.61 Å². The van der Waals surface area contributed by atoms with E-state index in [1.54, 1.807) is 18.2 Å². The molecule has 1 N–H and O–H groups in total. The molecule has 140 valence electrons. The van der Waals surface area contributed by atoms with Gasteiger partial charge in [0.05, 0.1) is 23.2 Å². The minimum absolute atomic E-state index is 0.163. The molecule has 0 aliphatic heterocycles. The molecule has 0 aliphatic carbocycles. The molecule has 1 amide bonds. The molecule has 0 bridgehead atoms.